The van der Waals surface area contributed by atoms with Crippen molar-refractivity contribution in [3.63, 3.8) is 0 Å². The van der Waals surface area contributed by atoms with Gasteiger partial charge in [0.25, 0.3) is 11.8 Å². The van der Waals surface area contributed by atoms with Crippen molar-refractivity contribution >= 4 is 35.3 Å². The van der Waals surface area contributed by atoms with Gasteiger partial charge in [0.1, 0.15) is 11.5 Å². The lowest BCUT2D eigenvalue weighted by atomic mass is 10.0. The van der Waals surface area contributed by atoms with Crippen LogP contribution in [0.3, 0.4) is 0 Å². The van der Waals surface area contributed by atoms with Crippen LogP contribution in [0.15, 0.2) is 103 Å². The fourth-order valence-electron chi connectivity index (χ4n) is 4.82. The van der Waals surface area contributed by atoms with E-state index >= 15 is 0 Å². The number of methoxy groups -OCH3 is 1. The Bertz CT molecular complexity index is 1770. The molecular weight excluding hydrogens is 652 g/mol. The third kappa shape index (κ3) is 12.1. The summed E-state index contributed by atoms with van der Waals surface area (Å²) in [5.74, 6) is 1.57. The Morgan fingerprint density at radius 3 is 2.20 bits per heavy atom. The Morgan fingerprint density at radius 2 is 1.49 bits per heavy atom. The Hall–Kier alpha value is -5.99. The van der Waals surface area contributed by atoms with E-state index in [1.165, 1.54) is 0 Å². The van der Waals surface area contributed by atoms with E-state index in [2.05, 4.69) is 41.5 Å². The van der Waals surface area contributed by atoms with Gasteiger partial charge in [-0.05, 0) is 60.5 Å². The number of nitrogens with zero attached hydrogens (tertiary/aromatic N) is 3. The minimum atomic E-state index is -0.159. The number of nitrogens with one attached hydrogen (secondary N) is 5. The van der Waals surface area contributed by atoms with Gasteiger partial charge in [-0.25, -0.2) is 0 Å². The zero-order valence-corrected chi connectivity index (χ0v) is 28.3. The molecule has 0 saturated carbocycles. The molecule has 3 aromatic carbocycles. The number of aromatic nitrogens is 3. The summed E-state index contributed by atoms with van der Waals surface area (Å²) in [6.45, 7) is 2.76. The van der Waals surface area contributed by atoms with Gasteiger partial charge in [0.15, 0.2) is 0 Å². The monoisotopic (exact) mass is 694 g/mol. The lowest BCUT2D eigenvalue weighted by Crippen LogP contribution is -2.27. The molecule has 1 atom stereocenters. The van der Waals surface area contributed by atoms with Crippen LogP contribution in [0, 0.1) is 0 Å². The van der Waals surface area contributed by atoms with Crippen molar-refractivity contribution in [2.24, 2.45) is 0 Å². The van der Waals surface area contributed by atoms with E-state index in [9.17, 15) is 14.7 Å². The lowest BCUT2D eigenvalue weighted by Gasteiger charge is -2.19. The fraction of sp³-hybridized carbons (Fsp3) is 0.270. The molecule has 1 aliphatic carbocycles. The van der Waals surface area contributed by atoms with E-state index in [0.717, 1.165) is 11.3 Å². The largest absolute Gasteiger partial charge is 0.508 e. The lowest BCUT2D eigenvalue weighted by molar-refractivity contribution is -0.117. The van der Waals surface area contributed by atoms with E-state index in [1.54, 1.807) is 49.6 Å². The zero-order valence-electron chi connectivity index (χ0n) is 28.3. The van der Waals surface area contributed by atoms with Crippen LogP contribution < -0.4 is 31.3 Å². The van der Waals surface area contributed by atoms with E-state index < -0.39 is 0 Å². The van der Waals surface area contributed by atoms with Gasteiger partial charge in [-0.15, -0.1) is 0 Å². The zero-order chi connectivity index (χ0) is 35.7. The van der Waals surface area contributed by atoms with E-state index in [1.807, 2.05) is 54.6 Å². The molecule has 0 radical (unpaired) electrons. The molecule has 0 spiro atoms. The number of rotatable bonds is 19. The molecule has 4 aromatic rings. The number of hydrogen-bond donors (Lipinski definition) is 6. The summed E-state index contributed by atoms with van der Waals surface area (Å²) in [6, 6.07) is 23.0. The van der Waals surface area contributed by atoms with E-state index in [-0.39, 0.29) is 23.6 Å². The molecule has 1 unspecified atom stereocenters. The number of ether oxygens (including phenoxy) is 3. The molecule has 1 aromatic heterocycles. The molecule has 14 nitrogen and oxygen atoms in total. The highest BCUT2D eigenvalue weighted by molar-refractivity contribution is 5.96. The normalized spacial score (nSPS) is 13.5. The molecule has 5 rings (SSSR count). The molecule has 14 heteroatoms. The molecule has 6 N–H and O–H groups in total. The minimum absolute atomic E-state index is 0.137. The maximum Gasteiger partial charge on any atom is 0.251 e. The molecular formula is C37H42N8O6. The number of phenols is 1. The Labute approximate surface area is 296 Å². The smallest absolute Gasteiger partial charge is 0.251 e. The predicted molar refractivity (Wildman–Crippen MR) is 194 cm³/mol. The second kappa shape index (κ2) is 19.3. The van der Waals surface area contributed by atoms with Crippen molar-refractivity contribution in [3.05, 3.63) is 114 Å². The summed E-state index contributed by atoms with van der Waals surface area (Å²) in [5, 5.41) is 25.0. The first-order valence-corrected chi connectivity index (χ1v) is 16.6. The van der Waals surface area contributed by atoms with Gasteiger partial charge < -0.3 is 45.9 Å². The quantitative estimate of drug-likeness (QED) is 0.0610. The highest BCUT2D eigenvalue weighted by Crippen LogP contribution is 2.20. The van der Waals surface area contributed by atoms with Crippen LogP contribution in [-0.2, 0) is 20.8 Å². The van der Waals surface area contributed by atoms with E-state index in [0.29, 0.717) is 87.2 Å². The fourth-order valence-corrected chi connectivity index (χ4v) is 4.82. The number of hydrogen-bond acceptors (Lipinski definition) is 12. The van der Waals surface area contributed by atoms with Crippen molar-refractivity contribution < 1.29 is 28.9 Å². The van der Waals surface area contributed by atoms with Gasteiger partial charge in [-0.2, -0.15) is 15.0 Å². The molecule has 0 aliphatic heterocycles. The summed E-state index contributed by atoms with van der Waals surface area (Å²) < 4.78 is 16.4. The summed E-state index contributed by atoms with van der Waals surface area (Å²) in [6.07, 6.45) is 6.10. The van der Waals surface area contributed by atoms with Gasteiger partial charge in [0.2, 0.25) is 17.8 Å². The molecule has 0 saturated heterocycles. The Balaban J connectivity index is 1.06. The minimum Gasteiger partial charge on any atom is -0.508 e. The maximum atomic E-state index is 12.8. The molecule has 0 fully saturated rings. The third-order valence-electron chi connectivity index (χ3n) is 7.52. The molecule has 1 heterocycles. The molecule has 266 valence electrons. The molecule has 1 aliphatic rings. The van der Waals surface area contributed by atoms with Crippen LogP contribution in [-0.4, -0.2) is 84.5 Å². The van der Waals surface area contributed by atoms with Crippen molar-refractivity contribution in [2.45, 2.75) is 19.0 Å². The topological polar surface area (TPSA) is 181 Å². The maximum absolute atomic E-state index is 12.8. The summed E-state index contributed by atoms with van der Waals surface area (Å²) in [5.41, 5.74) is 2.84. The Morgan fingerprint density at radius 1 is 0.784 bits per heavy atom. The number of phenolic OH excluding ortho intramolecular Hbond substituents is 1. The number of amides is 2. The van der Waals surface area contributed by atoms with Crippen molar-refractivity contribution in [1.29, 1.82) is 0 Å². The predicted octanol–water partition coefficient (Wildman–Crippen LogP) is 4.19. The molecule has 0 bridgehead atoms. The average molecular weight is 695 g/mol. The summed E-state index contributed by atoms with van der Waals surface area (Å²) in [7, 11) is 1.61. The third-order valence-corrected chi connectivity index (χ3v) is 7.52. The Kier molecular flexibility index (Phi) is 13.7. The number of carbonyl (C=O) groups is 2. The first-order chi connectivity index (χ1) is 24.9. The van der Waals surface area contributed by atoms with Crippen LogP contribution in [0.5, 0.6) is 11.5 Å². The van der Waals surface area contributed by atoms with Crippen LogP contribution >= 0.6 is 0 Å². The summed E-state index contributed by atoms with van der Waals surface area (Å²) >= 11 is 0. The van der Waals surface area contributed by atoms with Crippen LogP contribution in [0.25, 0.3) is 0 Å². The standard InChI is InChI=1S/C37H42N8O6/c1-49-32-17-7-26(8-18-32)25-40-34(48)28-9-11-29(12-10-28)41-36-43-35(44-37(45-36)42-30-13-15-31(46)16-14-30)39-20-22-51-24-23-50-21-19-38-33(47)27-5-3-2-4-6-27/h2-11,13-18,29,46H,12,19-25H2,1H3,(H,38,47)(H,40,48)(H3,39,41,42,43,44,45). The highest BCUT2D eigenvalue weighted by atomic mass is 16.5. The van der Waals surface area contributed by atoms with Gasteiger partial charge >= 0.3 is 0 Å². The summed E-state index contributed by atoms with van der Waals surface area (Å²) in [4.78, 5) is 38.4. The number of aromatic hydroxyl groups is 1. The number of benzene rings is 3. The number of carbonyl (C=O) groups excluding carboxylic acids is 2. The average Bonchev–Trinajstić information content (AvgIpc) is 3.16. The van der Waals surface area contributed by atoms with Crippen LogP contribution in [0.4, 0.5) is 23.5 Å². The second-order valence-electron chi connectivity index (χ2n) is 11.3. The first-order valence-electron chi connectivity index (χ1n) is 16.6. The number of anilines is 4. The van der Waals surface area contributed by atoms with Gasteiger partial charge in [0.05, 0.1) is 39.6 Å². The van der Waals surface area contributed by atoms with Crippen LogP contribution in [0.2, 0.25) is 0 Å². The van der Waals surface area contributed by atoms with Crippen molar-refractivity contribution in [2.75, 3.05) is 62.6 Å². The van der Waals surface area contributed by atoms with E-state index in [4.69, 9.17) is 14.2 Å². The van der Waals surface area contributed by atoms with Gasteiger partial charge in [0, 0.05) is 36.5 Å². The highest BCUT2D eigenvalue weighted by Gasteiger charge is 2.16. The van der Waals surface area contributed by atoms with Gasteiger partial charge in [-0.1, -0.05) is 48.6 Å². The van der Waals surface area contributed by atoms with Crippen molar-refractivity contribution in [3.8, 4) is 11.5 Å². The molecule has 2 amide bonds. The first kappa shape index (κ1) is 36.3. The van der Waals surface area contributed by atoms with Crippen LogP contribution in [0.1, 0.15) is 22.3 Å². The van der Waals surface area contributed by atoms with Crippen molar-refractivity contribution in [1.82, 2.24) is 25.6 Å². The van der Waals surface area contributed by atoms with Gasteiger partial charge in [-0.3, -0.25) is 9.59 Å². The molecule has 51 heavy (non-hydrogen) atoms. The second-order valence-corrected chi connectivity index (χ2v) is 11.3. The SMILES string of the molecule is COc1ccc(CNC(=O)C2=CCC(Nc3nc(NCCOCCOCCNC(=O)c4ccccc4)nc(Nc4ccc(O)cc4)n3)C=C2)cc1.